The minimum absolute atomic E-state index is 0.0505. The highest BCUT2D eigenvalue weighted by Crippen LogP contribution is 2.29. The number of benzene rings is 1. The van der Waals surface area contributed by atoms with Gasteiger partial charge < -0.3 is 15.5 Å². The van der Waals surface area contributed by atoms with Crippen LogP contribution in [0, 0.1) is 0 Å². The first-order valence-electron chi connectivity index (χ1n) is 9.45. The SMILES string of the molecule is CS(=O)(=O)C1(C(=O)Nc2cccc(C(=O)N3CCCCC3)c2)CCNCC1. The van der Waals surface area contributed by atoms with Crippen molar-refractivity contribution in [1.29, 1.82) is 0 Å². The number of hydrogen-bond acceptors (Lipinski definition) is 5. The van der Waals surface area contributed by atoms with Crippen LogP contribution in [-0.4, -0.2) is 62.3 Å². The van der Waals surface area contributed by atoms with E-state index in [-0.39, 0.29) is 18.7 Å². The van der Waals surface area contributed by atoms with E-state index in [1.807, 2.05) is 4.90 Å². The van der Waals surface area contributed by atoms with Crippen LogP contribution in [0.4, 0.5) is 5.69 Å². The van der Waals surface area contributed by atoms with Crippen LogP contribution in [-0.2, 0) is 14.6 Å². The lowest BCUT2D eigenvalue weighted by atomic mass is 9.95. The third-order valence-corrected chi connectivity index (χ3v) is 7.56. The van der Waals surface area contributed by atoms with Crippen molar-refractivity contribution in [3.05, 3.63) is 29.8 Å². The number of nitrogens with one attached hydrogen (secondary N) is 2. The van der Waals surface area contributed by atoms with E-state index in [1.54, 1.807) is 24.3 Å². The number of amides is 2. The van der Waals surface area contributed by atoms with Crippen molar-refractivity contribution in [3.8, 4) is 0 Å². The number of rotatable bonds is 4. The van der Waals surface area contributed by atoms with Gasteiger partial charge >= 0.3 is 0 Å². The first kappa shape index (κ1) is 19.8. The lowest BCUT2D eigenvalue weighted by Crippen LogP contribution is -2.55. The molecular formula is C19H27N3O4S. The van der Waals surface area contributed by atoms with E-state index in [1.165, 1.54) is 0 Å². The Morgan fingerprint density at radius 2 is 1.78 bits per heavy atom. The molecule has 0 aromatic heterocycles. The normalized spacial score (nSPS) is 20.1. The van der Waals surface area contributed by atoms with Crippen molar-refractivity contribution in [1.82, 2.24) is 10.2 Å². The number of piperidine rings is 2. The van der Waals surface area contributed by atoms with Crippen molar-refractivity contribution in [2.24, 2.45) is 0 Å². The van der Waals surface area contributed by atoms with Crippen LogP contribution < -0.4 is 10.6 Å². The maximum Gasteiger partial charge on any atom is 0.253 e. The summed E-state index contributed by atoms with van der Waals surface area (Å²) < 4.78 is 23.3. The average molecular weight is 394 g/mol. The predicted octanol–water partition coefficient (Wildman–Crippen LogP) is 1.42. The van der Waals surface area contributed by atoms with Gasteiger partial charge in [-0.1, -0.05) is 6.07 Å². The Labute approximate surface area is 160 Å². The van der Waals surface area contributed by atoms with Gasteiger partial charge in [-0.15, -0.1) is 0 Å². The Morgan fingerprint density at radius 3 is 2.41 bits per heavy atom. The van der Waals surface area contributed by atoms with E-state index < -0.39 is 20.5 Å². The number of carbonyl (C=O) groups is 2. The molecule has 0 atom stereocenters. The van der Waals surface area contributed by atoms with Crippen molar-refractivity contribution in [2.45, 2.75) is 36.9 Å². The van der Waals surface area contributed by atoms with Gasteiger partial charge in [-0.05, 0) is 63.4 Å². The van der Waals surface area contributed by atoms with Crippen molar-refractivity contribution >= 4 is 27.3 Å². The summed E-state index contributed by atoms with van der Waals surface area (Å²) in [5, 5.41) is 5.84. The molecule has 8 heteroatoms. The van der Waals surface area contributed by atoms with Crippen LogP contribution in [0.5, 0.6) is 0 Å². The summed E-state index contributed by atoms with van der Waals surface area (Å²) in [6.45, 7) is 2.46. The number of carbonyl (C=O) groups excluding carboxylic acids is 2. The molecule has 2 N–H and O–H groups in total. The van der Waals surface area contributed by atoms with Crippen LogP contribution in [0.15, 0.2) is 24.3 Å². The fraction of sp³-hybridized carbons (Fsp3) is 0.579. The topological polar surface area (TPSA) is 95.6 Å². The molecule has 27 heavy (non-hydrogen) atoms. The van der Waals surface area contributed by atoms with E-state index in [2.05, 4.69) is 10.6 Å². The molecule has 0 bridgehead atoms. The number of likely N-dealkylation sites (tertiary alicyclic amines) is 1. The highest BCUT2D eigenvalue weighted by molar-refractivity contribution is 7.92. The minimum atomic E-state index is -3.58. The molecule has 0 saturated carbocycles. The smallest absolute Gasteiger partial charge is 0.253 e. The Morgan fingerprint density at radius 1 is 1.11 bits per heavy atom. The summed E-state index contributed by atoms with van der Waals surface area (Å²) in [5.74, 6) is -0.570. The largest absolute Gasteiger partial charge is 0.339 e. The monoisotopic (exact) mass is 393 g/mol. The third-order valence-electron chi connectivity index (χ3n) is 5.55. The molecule has 7 nitrogen and oxygen atoms in total. The highest BCUT2D eigenvalue weighted by atomic mass is 32.2. The molecule has 0 radical (unpaired) electrons. The Bertz CT molecular complexity index is 810. The Hall–Kier alpha value is -1.93. The van der Waals surface area contributed by atoms with Gasteiger partial charge in [-0.25, -0.2) is 8.42 Å². The van der Waals surface area contributed by atoms with Crippen molar-refractivity contribution in [2.75, 3.05) is 37.8 Å². The molecule has 2 saturated heterocycles. The molecule has 2 aliphatic rings. The summed E-state index contributed by atoms with van der Waals surface area (Å²) >= 11 is 0. The average Bonchev–Trinajstić information content (AvgIpc) is 2.68. The lowest BCUT2D eigenvalue weighted by molar-refractivity contribution is -0.119. The molecule has 1 aromatic carbocycles. The molecule has 2 aliphatic heterocycles. The first-order valence-corrected chi connectivity index (χ1v) is 11.3. The highest BCUT2D eigenvalue weighted by Gasteiger charge is 2.48. The van der Waals surface area contributed by atoms with Gasteiger partial charge in [0.05, 0.1) is 0 Å². The summed E-state index contributed by atoms with van der Waals surface area (Å²) in [7, 11) is -3.58. The predicted molar refractivity (Wildman–Crippen MR) is 105 cm³/mol. The molecule has 2 heterocycles. The zero-order chi connectivity index (χ0) is 19.5. The van der Waals surface area contributed by atoms with Crippen LogP contribution in [0.25, 0.3) is 0 Å². The Balaban J connectivity index is 1.79. The van der Waals surface area contributed by atoms with E-state index in [0.29, 0.717) is 24.3 Å². The van der Waals surface area contributed by atoms with Crippen LogP contribution in [0.1, 0.15) is 42.5 Å². The van der Waals surface area contributed by atoms with Crippen LogP contribution in [0.2, 0.25) is 0 Å². The van der Waals surface area contributed by atoms with E-state index in [9.17, 15) is 18.0 Å². The van der Waals surface area contributed by atoms with Gasteiger partial charge in [0.2, 0.25) is 5.91 Å². The second-order valence-electron chi connectivity index (χ2n) is 7.40. The molecule has 0 unspecified atom stereocenters. The molecule has 1 aromatic rings. The van der Waals surface area contributed by atoms with Crippen LogP contribution in [0.3, 0.4) is 0 Å². The second-order valence-corrected chi connectivity index (χ2v) is 9.73. The molecular weight excluding hydrogens is 366 g/mol. The zero-order valence-corrected chi connectivity index (χ0v) is 16.5. The number of nitrogens with zero attached hydrogens (tertiary/aromatic N) is 1. The second kappa shape index (κ2) is 7.98. The fourth-order valence-electron chi connectivity index (χ4n) is 3.85. The minimum Gasteiger partial charge on any atom is -0.339 e. The summed E-state index contributed by atoms with van der Waals surface area (Å²) in [5.41, 5.74) is 0.956. The maximum absolute atomic E-state index is 12.9. The first-order chi connectivity index (χ1) is 12.8. The summed E-state index contributed by atoms with van der Waals surface area (Å²) in [6.07, 6.45) is 4.75. The van der Waals surface area contributed by atoms with E-state index in [4.69, 9.17) is 0 Å². The quantitative estimate of drug-likeness (QED) is 0.807. The van der Waals surface area contributed by atoms with Gasteiger partial charge in [-0.3, -0.25) is 9.59 Å². The maximum atomic E-state index is 12.9. The van der Waals surface area contributed by atoms with Gasteiger partial charge in [0.25, 0.3) is 5.91 Å². The van der Waals surface area contributed by atoms with Gasteiger partial charge in [-0.2, -0.15) is 0 Å². The van der Waals surface area contributed by atoms with Crippen molar-refractivity contribution in [3.63, 3.8) is 0 Å². The van der Waals surface area contributed by atoms with Crippen LogP contribution >= 0.6 is 0 Å². The van der Waals surface area contributed by atoms with E-state index >= 15 is 0 Å². The fourth-order valence-corrected chi connectivity index (χ4v) is 5.18. The van der Waals surface area contributed by atoms with E-state index in [0.717, 1.165) is 38.6 Å². The lowest BCUT2D eigenvalue weighted by Gasteiger charge is -2.34. The molecule has 148 valence electrons. The molecule has 0 aliphatic carbocycles. The van der Waals surface area contributed by atoms with Gasteiger partial charge in [0.15, 0.2) is 14.6 Å². The third kappa shape index (κ3) is 4.16. The van der Waals surface area contributed by atoms with Crippen molar-refractivity contribution < 1.29 is 18.0 Å². The molecule has 2 amide bonds. The number of hydrogen-bond donors (Lipinski definition) is 2. The standard InChI is InChI=1S/C19H27N3O4S/c1-27(25,26)19(8-10-20-11-9-19)18(24)21-16-7-5-6-15(14-16)17(23)22-12-3-2-4-13-22/h5-7,14,20H,2-4,8-13H2,1H3,(H,21,24). The molecule has 2 fully saturated rings. The number of sulfone groups is 1. The molecule has 0 spiro atoms. The zero-order valence-electron chi connectivity index (χ0n) is 15.7. The molecule has 3 rings (SSSR count). The number of anilines is 1. The summed E-state index contributed by atoms with van der Waals surface area (Å²) in [4.78, 5) is 27.4. The van der Waals surface area contributed by atoms with Gasteiger partial charge in [0.1, 0.15) is 0 Å². The summed E-state index contributed by atoms with van der Waals surface area (Å²) in [6, 6.07) is 6.75. The Kier molecular flexibility index (Phi) is 5.86. The van der Waals surface area contributed by atoms with Gasteiger partial charge in [0, 0.05) is 30.6 Å².